The van der Waals surface area contributed by atoms with Crippen molar-refractivity contribution in [2.24, 2.45) is 0 Å². The van der Waals surface area contributed by atoms with E-state index in [9.17, 15) is 19.8 Å². The number of thiazole rings is 1. The lowest BCUT2D eigenvalue weighted by Gasteiger charge is -2.03. The number of aromatic amines is 1. The zero-order valence-corrected chi connectivity index (χ0v) is 9.82. The Bertz CT molecular complexity index is 658. The Labute approximate surface area is 105 Å². The second-order valence-electron chi connectivity index (χ2n) is 3.62. The van der Waals surface area contributed by atoms with Crippen LogP contribution in [0.4, 0.5) is 0 Å². The molecule has 6 nitrogen and oxygen atoms in total. The number of nitrogens with one attached hydrogen (secondary N) is 1. The molecular weight excluding hydrogens is 258 g/mol. The fourth-order valence-electron chi connectivity index (χ4n) is 1.52. The fraction of sp³-hybridized carbons (Fsp3) is 0.0909. The number of phenols is 1. The predicted molar refractivity (Wildman–Crippen MR) is 64.5 cm³/mol. The largest absolute Gasteiger partial charge is 0.507 e. The molecule has 0 saturated heterocycles. The number of carboxylic acids is 1. The summed E-state index contributed by atoms with van der Waals surface area (Å²) in [5.41, 5.74) is 0.366. The summed E-state index contributed by atoms with van der Waals surface area (Å²) in [6, 6.07) is 4.11. The molecule has 0 unspecified atom stereocenters. The van der Waals surface area contributed by atoms with E-state index in [0.717, 1.165) is 11.3 Å². The van der Waals surface area contributed by atoms with Crippen LogP contribution in [0.3, 0.4) is 0 Å². The standard InChI is InChI=1S/C11H9NO5S/c13-7-2-1-5(3-6(7)10(15)16)4-8-9(14)12-11(17)18-8/h1-3,13-14H,4H2,(H,12,17)(H,15,16). The second kappa shape index (κ2) is 4.53. The average molecular weight is 267 g/mol. The summed E-state index contributed by atoms with van der Waals surface area (Å²) >= 11 is 0.857. The van der Waals surface area contributed by atoms with Crippen molar-refractivity contribution in [2.75, 3.05) is 0 Å². The molecule has 0 fully saturated rings. The molecule has 0 aliphatic carbocycles. The number of carbonyl (C=O) groups is 1. The first-order valence-corrected chi connectivity index (χ1v) is 5.75. The molecule has 2 rings (SSSR count). The molecule has 0 aliphatic heterocycles. The molecule has 94 valence electrons. The number of aromatic hydroxyl groups is 2. The Kier molecular flexibility index (Phi) is 3.07. The van der Waals surface area contributed by atoms with Gasteiger partial charge in [-0.15, -0.1) is 0 Å². The number of hydrogen-bond acceptors (Lipinski definition) is 5. The molecule has 0 bridgehead atoms. The average Bonchev–Trinajstić information content (AvgIpc) is 2.60. The third kappa shape index (κ3) is 2.35. The van der Waals surface area contributed by atoms with Crippen LogP contribution < -0.4 is 4.87 Å². The van der Waals surface area contributed by atoms with E-state index in [0.29, 0.717) is 10.4 Å². The van der Waals surface area contributed by atoms with Crippen LogP contribution in [0.15, 0.2) is 23.0 Å². The van der Waals surface area contributed by atoms with Crippen molar-refractivity contribution in [1.82, 2.24) is 4.98 Å². The van der Waals surface area contributed by atoms with E-state index in [1.54, 1.807) is 0 Å². The van der Waals surface area contributed by atoms with Gasteiger partial charge < -0.3 is 15.3 Å². The lowest BCUT2D eigenvalue weighted by atomic mass is 10.1. The SMILES string of the molecule is O=C(O)c1cc(Cc2sc(=O)[nH]c2O)ccc1O. The van der Waals surface area contributed by atoms with Crippen molar-refractivity contribution in [1.29, 1.82) is 0 Å². The molecule has 0 atom stereocenters. The van der Waals surface area contributed by atoms with Crippen molar-refractivity contribution < 1.29 is 20.1 Å². The van der Waals surface area contributed by atoms with Gasteiger partial charge in [-0.1, -0.05) is 17.4 Å². The predicted octanol–water partition coefficient (Wildman–Crippen LogP) is 1.14. The second-order valence-corrected chi connectivity index (χ2v) is 4.69. The van der Waals surface area contributed by atoms with E-state index < -0.39 is 5.97 Å². The van der Waals surface area contributed by atoms with Gasteiger partial charge in [-0.05, 0) is 17.7 Å². The van der Waals surface area contributed by atoms with Gasteiger partial charge in [-0.2, -0.15) is 0 Å². The summed E-state index contributed by atoms with van der Waals surface area (Å²) in [5.74, 6) is -1.77. The molecule has 18 heavy (non-hydrogen) atoms. The molecule has 1 aromatic heterocycles. The van der Waals surface area contributed by atoms with E-state index in [-0.39, 0.29) is 28.5 Å². The van der Waals surface area contributed by atoms with Crippen LogP contribution in [0.5, 0.6) is 11.6 Å². The molecule has 0 amide bonds. The first-order valence-electron chi connectivity index (χ1n) is 4.93. The number of aromatic carboxylic acids is 1. The summed E-state index contributed by atoms with van der Waals surface area (Å²) < 4.78 is 0. The summed E-state index contributed by atoms with van der Waals surface area (Å²) in [4.78, 5) is 24.1. The quantitative estimate of drug-likeness (QED) is 0.666. The van der Waals surface area contributed by atoms with Crippen molar-refractivity contribution in [3.8, 4) is 11.6 Å². The van der Waals surface area contributed by atoms with Gasteiger partial charge in [0.2, 0.25) is 5.88 Å². The van der Waals surface area contributed by atoms with E-state index >= 15 is 0 Å². The van der Waals surface area contributed by atoms with Crippen molar-refractivity contribution in [3.05, 3.63) is 43.9 Å². The topological polar surface area (TPSA) is 111 Å². The minimum absolute atomic E-state index is 0.213. The Hall–Kier alpha value is -2.28. The summed E-state index contributed by atoms with van der Waals surface area (Å²) in [6.07, 6.45) is 0.218. The van der Waals surface area contributed by atoms with Gasteiger partial charge in [0.25, 0.3) is 0 Å². The Morgan fingerprint density at radius 1 is 1.33 bits per heavy atom. The number of rotatable bonds is 3. The van der Waals surface area contributed by atoms with Gasteiger partial charge in [-0.3, -0.25) is 9.78 Å². The monoisotopic (exact) mass is 267 g/mol. The van der Waals surface area contributed by atoms with Crippen LogP contribution in [0.1, 0.15) is 20.8 Å². The zero-order chi connectivity index (χ0) is 13.3. The first-order chi connectivity index (χ1) is 8.47. The van der Waals surface area contributed by atoms with Crippen LogP contribution in [-0.4, -0.2) is 26.3 Å². The lowest BCUT2D eigenvalue weighted by Crippen LogP contribution is -1.98. The number of H-pyrrole nitrogens is 1. The Morgan fingerprint density at radius 2 is 2.06 bits per heavy atom. The van der Waals surface area contributed by atoms with E-state index in [1.165, 1.54) is 18.2 Å². The molecule has 4 N–H and O–H groups in total. The highest BCUT2D eigenvalue weighted by atomic mass is 32.1. The molecule has 0 saturated carbocycles. The zero-order valence-electron chi connectivity index (χ0n) is 9.01. The Morgan fingerprint density at radius 3 is 2.61 bits per heavy atom. The molecule has 2 aromatic rings. The lowest BCUT2D eigenvalue weighted by molar-refractivity contribution is 0.0693. The molecule has 0 spiro atoms. The van der Waals surface area contributed by atoms with Gasteiger partial charge in [-0.25, -0.2) is 4.79 Å². The fourth-order valence-corrected chi connectivity index (χ4v) is 2.28. The highest BCUT2D eigenvalue weighted by Crippen LogP contribution is 2.24. The van der Waals surface area contributed by atoms with E-state index in [2.05, 4.69) is 4.98 Å². The summed E-state index contributed by atoms with van der Waals surface area (Å²) in [6.45, 7) is 0. The number of hydrogen-bond donors (Lipinski definition) is 4. The van der Waals surface area contributed by atoms with Crippen LogP contribution >= 0.6 is 11.3 Å². The van der Waals surface area contributed by atoms with Crippen LogP contribution in [0, 0.1) is 0 Å². The minimum Gasteiger partial charge on any atom is -0.507 e. The van der Waals surface area contributed by atoms with Gasteiger partial charge in [0, 0.05) is 6.42 Å². The van der Waals surface area contributed by atoms with Gasteiger partial charge in [0.1, 0.15) is 11.3 Å². The Balaban J connectivity index is 2.35. The smallest absolute Gasteiger partial charge is 0.339 e. The maximum absolute atomic E-state index is 11.0. The van der Waals surface area contributed by atoms with E-state index in [4.69, 9.17) is 5.11 Å². The van der Waals surface area contributed by atoms with Crippen LogP contribution in [-0.2, 0) is 6.42 Å². The molecule has 0 aliphatic rings. The summed E-state index contributed by atoms with van der Waals surface area (Å²) in [5, 5.41) is 27.6. The van der Waals surface area contributed by atoms with Crippen molar-refractivity contribution >= 4 is 17.3 Å². The maximum Gasteiger partial charge on any atom is 0.339 e. The normalized spacial score (nSPS) is 10.4. The number of benzene rings is 1. The van der Waals surface area contributed by atoms with E-state index in [1.807, 2.05) is 0 Å². The van der Waals surface area contributed by atoms with Gasteiger partial charge >= 0.3 is 10.8 Å². The molecule has 1 aromatic carbocycles. The molecule has 0 radical (unpaired) electrons. The number of carboxylic acid groups (broad SMARTS) is 1. The molecule has 1 heterocycles. The third-order valence-corrected chi connectivity index (χ3v) is 3.23. The van der Waals surface area contributed by atoms with Gasteiger partial charge in [0.05, 0.1) is 4.88 Å². The third-order valence-electron chi connectivity index (χ3n) is 2.36. The number of aromatic nitrogens is 1. The van der Waals surface area contributed by atoms with Crippen LogP contribution in [0.2, 0.25) is 0 Å². The van der Waals surface area contributed by atoms with Gasteiger partial charge in [0.15, 0.2) is 0 Å². The highest BCUT2D eigenvalue weighted by Gasteiger charge is 2.12. The summed E-state index contributed by atoms with van der Waals surface area (Å²) in [7, 11) is 0. The molecular formula is C11H9NO5S. The minimum atomic E-state index is -1.24. The van der Waals surface area contributed by atoms with Crippen molar-refractivity contribution in [2.45, 2.75) is 6.42 Å². The van der Waals surface area contributed by atoms with Crippen LogP contribution in [0.25, 0.3) is 0 Å². The van der Waals surface area contributed by atoms with Crippen molar-refractivity contribution in [3.63, 3.8) is 0 Å². The highest BCUT2D eigenvalue weighted by molar-refractivity contribution is 7.09. The first kappa shape index (κ1) is 12.2. The maximum atomic E-state index is 11.0. The molecule has 7 heteroatoms.